The summed E-state index contributed by atoms with van der Waals surface area (Å²) in [6.45, 7) is 2.38. The maximum atomic E-state index is 12.3. The van der Waals surface area contributed by atoms with E-state index >= 15 is 0 Å². The quantitative estimate of drug-likeness (QED) is 0.900. The van der Waals surface area contributed by atoms with E-state index in [2.05, 4.69) is 4.98 Å². The number of carbonyl (C=O) groups excluding carboxylic acids is 1. The highest BCUT2D eigenvalue weighted by Crippen LogP contribution is 2.10. The van der Waals surface area contributed by atoms with Crippen molar-refractivity contribution in [1.29, 1.82) is 0 Å². The summed E-state index contributed by atoms with van der Waals surface area (Å²) in [7, 11) is 0. The molecule has 2 rings (SSSR count). The second kappa shape index (κ2) is 6.67. The van der Waals surface area contributed by atoms with Crippen LogP contribution >= 0.6 is 11.6 Å². The smallest absolute Gasteiger partial charge is 0.317 e. The number of aromatic nitrogens is 1. The number of aliphatic carboxylic acids is 1. The molecule has 108 valence electrons. The zero-order chi connectivity index (χ0) is 14.5. The van der Waals surface area contributed by atoms with Gasteiger partial charge in [0.2, 0.25) is 0 Å². The van der Waals surface area contributed by atoms with Crippen LogP contribution in [0.25, 0.3) is 0 Å². The average Bonchev–Trinajstić information content (AvgIpc) is 2.64. The molecule has 0 aromatic carbocycles. The molecule has 0 spiro atoms. The minimum absolute atomic E-state index is 0.0151. The van der Waals surface area contributed by atoms with Gasteiger partial charge in [-0.15, -0.1) is 0 Å². The van der Waals surface area contributed by atoms with Crippen molar-refractivity contribution in [2.45, 2.75) is 6.42 Å². The van der Waals surface area contributed by atoms with Crippen LogP contribution in [0.2, 0.25) is 5.02 Å². The Morgan fingerprint density at radius 2 is 2.05 bits per heavy atom. The molecule has 1 fully saturated rings. The number of carbonyl (C=O) groups is 2. The van der Waals surface area contributed by atoms with Gasteiger partial charge >= 0.3 is 5.97 Å². The Hall–Kier alpha value is -1.66. The summed E-state index contributed by atoms with van der Waals surface area (Å²) in [5, 5.41) is 9.28. The molecule has 1 aliphatic rings. The number of pyridine rings is 1. The number of halogens is 1. The average molecular weight is 298 g/mol. The molecule has 0 saturated carbocycles. The van der Waals surface area contributed by atoms with Gasteiger partial charge < -0.3 is 10.0 Å². The first kappa shape index (κ1) is 14.7. The number of hydrogen-bond acceptors (Lipinski definition) is 4. The van der Waals surface area contributed by atoms with Gasteiger partial charge in [0.25, 0.3) is 5.91 Å². The van der Waals surface area contributed by atoms with E-state index in [4.69, 9.17) is 16.7 Å². The van der Waals surface area contributed by atoms with Gasteiger partial charge in [0.05, 0.1) is 11.6 Å². The molecule has 7 heteroatoms. The van der Waals surface area contributed by atoms with E-state index in [1.807, 2.05) is 4.90 Å². The minimum Gasteiger partial charge on any atom is -0.480 e. The van der Waals surface area contributed by atoms with Crippen molar-refractivity contribution in [1.82, 2.24) is 14.8 Å². The van der Waals surface area contributed by atoms with Crippen LogP contribution in [0.1, 0.15) is 16.9 Å². The van der Waals surface area contributed by atoms with E-state index in [0.29, 0.717) is 36.9 Å². The second-order valence-electron chi connectivity index (χ2n) is 4.68. The fraction of sp³-hybridized carbons (Fsp3) is 0.462. The van der Waals surface area contributed by atoms with Gasteiger partial charge in [0.15, 0.2) is 0 Å². The van der Waals surface area contributed by atoms with Crippen molar-refractivity contribution < 1.29 is 14.7 Å². The highest BCUT2D eigenvalue weighted by molar-refractivity contribution is 6.30. The van der Waals surface area contributed by atoms with Crippen molar-refractivity contribution in [3.63, 3.8) is 0 Å². The Balaban J connectivity index is 1.97. The van der Waals surface area contributed by atoms with Crippen LogP contribution < -0.4 is 0 Å². The first-order valence-corrected chi connectivity index (χ1v) is 6.79. The second-order valence-corrected chi connectivity index (χ2v) is 5.11. The van der Waals surface area contributed by atoms with Crippen LogP contribution in [-0.4, -0.2) is 64.5 Å². The largest absolute Gasteiger partial charge is 0.480 e. The lowest BCUT2D eigenvalue weighted by Gasteiger charge is -2.20. The molecule has 2 heterocycles. The molecule has 1 aliphatic heterocycles. The van der Waals surface area contributed by atoms with Crippen LogP contribution in [0.5, 0.6) is 0 Å². The first-order chi connectivity index (χ1) is 9.56. The van der Waals surface area contributed by atoms with E-state index in [-0.39, 0.29) is 12.5 Å². The Morgan fingerprint density at radius 3 is 2.70 bits per heavy atom. The predicted octanol–water partition coefficient (Wildman–Crippen LogP) is 0.967. The molecular formula is C13H16ClN3O3. The zero-order valence-electron chi connectivity index (χ0n) is 11.0. The molecular weight excluding hydrogens is 282 g/mol. The Labute approximate surface area is 122 Å². The van der Waals surface area contributed by atoms with Gasteiger partial charge in [0.1, 0.15) is 5.69 Å². The van der Waals surface area contributed by atoms with E-state index in [1.54, 1.807) is 17.0 Å². The number of hydrogen-bond donors (Lipinski definition) is 1. The molecule has 1 N–H and O–H groups in total. The number of carboxylic acids is 1. The fourth-order valence-corrected chi connectivity index (χ4v) is 2.30. The monoisotopic (exact) mass is 297 g/mol. The van der Waals surface area contributed by atoms with Crippen molar-refractivity contribution in [3.05, 3.63) is 29.0 Å². The number of carboxylic acid groups (broad SMARTS) is 1. The summed E-state index contributed by atoms with van der Waals surface area (Å²) in [6, 6.07) is 3.24. The van der Waals surface area contributed by atoms with Crippen LogP contribution in [0.4, 0.5) is 0 Å². The van der Waals surface area contributed by atoms with E-state index in [0.717, 1.165) is 6.42 Å². The molecule has 1 aromatic heterocycles. The number of amides is 1. The number of rotatable bonds is 3. The third-order valence-electron chi connectivity index (χ3n) is 3.18. The summed E-state index contributed by atoms with van der Waals surface area (Å²) in [5.74, 6) is -0.983. The van der Waals surface area contributed by atoms with Gasteiger partial charge in [-0.1, -0.05) is 11.6 Å². The topological polar surface area (TPSA) is 73.7 Å². The van der Waals surface area contributed by atoms with Crippen LogP contribution in [0, 0.1) is 0 Å². The summed E-state index contributed by atoms with van der Waals surface area (Å²) < 4.78 is 0. The summed E-state index contributed by atoms with van der Waals surface area (Å²) in [5.41, 5.74) is 0.362. The van der Waals surface area contributed by atoms with E-state index in [9.17, 15) is 9.59 Å². The molecule has 6 nitrogen and oxygen atoms in total. The predicted molar refractivity (Wildman–Crippen MR) is 73.8 cm³/mol. The first-order valence-electron chi connectivity index (χ1n) is 6.41. The molecule has 0 bridgehead atoms. The van der Waals surface area contributed by atoms with Gasteiger partial charge in [-0.05, 0) is 18.6 Å². The third kappa shape index (κ3) is 3.91. The normalized spacial score (nSPS) is 16.8. The van der Waals surface area contributed by atoms with Gasteiger partial charge in [0, 0.05) is 32.4 Å². The molecule has 0 aliphatic carbocycles. The lowest BCUT2D eigenvalue weighted by atomic mass is 10.3. The van der Waals surface area contributed by atoms with Gasteiger partial charge in [-0.3, -0.25) is 14.5 Å². The highest BCUT2D eigenvalue weighted by Gasteiger charge is 2.21. The summed E-state index contributed by atoms with van der Waals surface area (Å²) in [4.78, 5) is 30.5. The summed E-state index contributed by atoms with van der Waals surface area (Å²) >= 11 is 5.75. The fourth-order valence-electron chi connectivity index (χ4n) is 2.19. The lowest BCUT2D eigenvalue weighted by molar-refractivity contribution is -0.138. The van der Waals surface area contributed by atoms with E-state index in [1.165, 1.54) is 6.20 Å². The number of nitrogens with zero attached hydrogens (tertiary/aromatic N) is 3. The maximum Gasteiger partial charge on any atom is 0.317 e. The Kier molecular flexibility index (Phi) is 4.92. The molecule has 1 amide bonds. The van der Waals surface area contributed by atoms with Crippen LogP contribution in [0.15, 0.2) is 18.3 Å². The van der Waals surface area contributed by atoms with Crippen LogP contribution in [-0.2, 0) is 4.79 Å². The molecule has 0 unspecified atom stereocenters. The molecule has 0 radical (unpaired) electrons. The van der Waals surface area contributed by atoms with Crippen molar-refractivity contribution in [2.24, 2.45) is 0 Å². The van der Waals surface area contributed by atoms with Crippen molar-refractivity contribution in [3.8, 4) is 0 Å². The zero-order valence-corrected chi connectivity index (χ0v) is 11.7. The Bertz CT molecular complexity index is 492. The molecule has 0 atom stereocenters. The van der Waals surface area contributed by atoms with Crippen LogP contribution in [0.3, 0.4) is 0 Å². The Morgan fingerprint density at radius 1 is 1.25 bits per heavy atom. The minimum atomic E-state index is -0.843. The third-order valence-corrected chi connectivity index (χ3v) is 3.40. The lowest BCUT2D eigenvalue weighted by Crippen LogP contribution is -2.37. The highest BCUT2D eigenvalue weighted by atomic mass is 35.5. The summed E-state index contributed by atoms with van der Waals surface area (Å²) in [6.07, 6.45) is 2.20. The van der Waals surface area contributed by atoms with Crippen molar-refractivity contribution in [2.75, 3.05) is 32.7 Å². The van der Waals surface area contributed by atoms with Gasteiger partial charge in [-0.25, -0.2) is 4.98 Å². The van der Waals surface area contributed by atoms with E-state index < -0.39 is 5.97 Å². The van der Waals surface area contributed by atoms with Gasteiger partial charge in [-0.2, -0.15) is 0 Å². The SMILES string of the molecule is O=C(O)CN1CCCN(C(=O)c2ccc(Cl)cn2)CC1. The molecule has 20 heavy (non-hydrogen) atoms. The molecule has 1 aromatic rings. The maximum absolute atomic E-state index is 12.3. The van der Waals surface area contributed by atoms with Crippen molar-refractivity contribution >= 4 is 23.5 Å². The molecule has 1 saturated heterocycles. The standard InChI is InChI=1S/C13H16ClN3O3/c14-10-2-3-11(15-8-10)13(20)17-5-1-4-16(6-7-17)9-12(18)19/h2-3,8H,1,4-7,9H2,(H,18,19).